The number of aliphatic imine (C=N–C) groups is 2. The van der Waals surface area contributed by atoms with Crippen molar-refractivity contribution >= 4 is 23.8 Å². The Kier molecular flexibility index (Phi) is 24.4. The first-order valence-electron chi connectivity index (χ1n) is 21.7. The fourth-order valence-electron chi connectivity index (χ4n) is 6.67. The monoisotopic (exact) mass is 741 g/mol. The standard InChI is InChI=1S/C48H72N2O4/c1-3-5-7-9-11-13-15-17-19-21-23-27-35-53-43-33-31-41(47(51)37-43)39-49-45-29-25-26-30-46(45)50-40-42-32-34-44(38-48(42)52)54-36-28-24-22-20-18-16-14-12-10-8-6-4-2/h25-26,29-34,37-40,51-52H,3-24,27-28,35-36H2,1-2H3. The van der Waals surface area contributed by atoms with Gasteiger partial charge in [0.1, 0.15) is 23.0 Å². The number of unbranched alkanes of at least 4 members (excludes halogenated alkanes) is 22. The van der Waals surface area contributed by atoms with Crippen molar-refractivity contribution in [3.63, 3.8) is 0 Å². The van der Waals surface area contributed by atoms with Gasteiger partial charge in [-0.25, -0.2) is 0 Å². The largest absolute Gasteiger partial charge is 0.507 e. The Hall–Kier alpha value is -3.80. The summed E-state index contributed by atoms with van der Waals surface area (Å²) in [6.45, 7) is 5.85. The molecule has 0 amide bonds. The quantitative estimate of drug-likeness (QED) is 0.0493. The Labute approximate surface area is 328 Å². The summed E-state index contributed by atoms with van der Waals surface area (Å²) < 4.78 is 11.8. The van der Waals surface area contributed by atoms with Crippen molar-refractivity contribution in [2.45, 2.75) is 168 Å². The molecule has 0 aromatic heterocycles. The summed E-state index contributed by atoms with van der Waals surface area (Å²) in [6, 6.07) is 18.3. The minimum absolute atomic E-state index is 0.123. The predicted molar refractivity (Wildman–Crippen MR) is 230 cm³/mol. The minimum atomic E-state index is 0.123. The van der Waals surface area contributed by atoms with Crippen LogP contribution in [0.25, 0.3) is 0 Å². The Morgan fingerprint density at radius 1 is 0.426 bits per heavy atom. The van der Waals surface area contributed by atoms with Gasteiger partial charge in [0.25, 0.3) is 0 Å². The molecule has 6 heteroatoms. The van der Waals surface area contributed by atoms with Crippen molar-refractivity contribution in [1.29, 1.82) is 0 Å². The van der Waals surface area contributed by atoms with E-state index in [0.29, 0.717) is 47.2 Å². The molecular formula is C48H72N2O4. The van der Waals surface area contributed by atoms with Gasteiger partial charge >= 0.3 is 0 Å². The second kappa shape index (κ2) is 29.5. The van der Waals surface area contributed by atoms with Crippen molar-refractivity contribution < 1.29 is 19.7 Å². The van der Waals surface area contributed by atoms with E-state index in [0.717, 1.165) is 12.8 Å². The molecule has 2 N–H and O–H groups in total. The lowest BCUT2D eigenvalue weighted by Crippen LogP contribution is -1.97. The Bertz CT molecular complexity index is 1340. The minimum Gasteiger partial charge on any atom is -0.507 e. The smallest absolute Gasteiger partial charge is 0.128 e. The van der Waals surface area contributed by atoms with Crippen LogP contribution >= 0.6 is 0 Å². The van der Waals surface area contributed by atoms with Crippen molar-refractivity contribution in [2.24, 2.45) is 9.98 Å². The molecule has 0 aliphatic rings. The van der Waals surface area contributed by atoms with Gasteiger partial charge < -0.3 is 19.7 Å². The van der Waals surface area contributed by atoms with Crippen molar-refractivity contribution in [2.75, 3.05) is 13.2 Å². The maximum absolute atomic E-state index is 10.7. The van der Waals surface area contributed by atoms with Crippen LogP contribution in [0.2, 0.25) is 0 Å². The molecule has 3 aromatic rings. The number of rotatable bonds is 32. The fourth-order valence-corrected chi connectivity index (χ4v) is 6.67. The summed E-state index contributed by atoms with van der Waals surface area (Å²) >= 11 is 0. The lowest BCUT2D eigenvalue weighted by atomic mass is 10.1. The molecule has 3 rings (SSSR count). The number of hydrogen-bond acceptors (Lipinski definition) is 6. The van der Waals surface area contributed by atoms with Crippen molar-refractivity contribution in [1.82, 2.24) is 0 Å². The lowest BCUT2D eigenvalue weighted by molar-refractivity contribution is 0.302. The topological polar surface area (TPSA) is 83.6 Å². The van der Waals surface area contributed by atoms with Gasteiger partial charge in [0, 0.05) is 35.7 Å². The van der Waals surface area contributed by atoms with Gasteiger partial charge in [0.15, 0.2) is 0 Å². The highest BCUT2D eigenvalue weighted by Crippen LogP contribution is 2.30. The van der Waals surface area contributed by atoms with E-state index in [1.165, 1.54) is 141 Å². The van der Waals surface area contributed by atoms with Crippen LogP contribution in [-0.2, 0) is 0 Å². The first kappa shape index (κ1) is 44.6. The summed E-state index contributed by atoms with van der Waals surface area (Å²) in [5, 5.41) is 21.3. The molecule has 0 saturated carbocycles. The van der Waals surface area contributed by atoms with Crippen molar-refractivity contribution in [3.8, 4) is 23.0 Å². The molecule has 0 aliphatic carbocycles. The highest BCUT2D eigenvalue weighted by Gasteiger charge is 2.06. The second-order valence-electron chi connectivity index (χ2n) is 14.9. The van der Waals surface area contributed by atoms with Crippen LogP contribution in [0.5, 0.6) is 23.0 Å². The van der Waals surface area contributed by atoms with Crippen LogP contribution in [-0.4, -0.2) is 35.9 Å². The Morgan fingerprint density at radius 3 is 1.06 bits per heavy atom. The summed E-state index contributed by atoms with van der Waals surface area (Å²) in [5.74, 6) is 1.58. The summed E-state index contributed by atoms with van der Waals surface area (Å²) in [4.78, 5) is 9.24. The molecule has 0 bridgehead atoms. The first-order valence-corrected chi connectivity index (χ1v) is 21.7. The van der Waals surface area contributed by atoms with Gasteiger partial charge in [0.2, 0.25) is 0 Å². The summed E-state index contributed by atoms with van der Waals surface area (Å²) in [7, 11) is 0. The van der Waals surface area contributed by atoms with Gasteiger partial charge in [-0.05, 0) is 49.2 Å². The predicted octanol–water partition coefficient (Wildman–Crippen LogP) is 14.8. The highest BCUT2D eigenvalue weighted by atomic mass is 16.5. The van der Waals surface area contributed by atoms with Crippen LogP contribution in [0.4, 0.5) is 11.4 Å². The molecule has 6 nitrogen and oxygen atoms in total. The molecule has 54 heavy (non-hydrogen) atoms. The number of nitrogens with zero attached hydrogens (tertiary/aromatic N) is 2. The van der Waals surface area contributed by atoms with E-state index in [1.807, 2.05) is 48.5 Å². The van der Waals surface area contributed by atoms with E-state index in [9.17, 15) is 10.2 Å². The number of phenols is 2. The lowest BCUT2D eigenvalue weighted by Gasteiger charge is -2.08. The average molecular weight is 741 g/mol. The molecule has 0 fully saturated rings. The maximum atomic E-state index is 10.7. The average Bonchev–Trinajstić information content (AvgIpc) is 3.18. The molecule has 0 radical (unpaired) electrons. The van der Waals surface area contributed by atoms with E-state index in [4.69, 9.17) is 9.47 Å². The zero-order valence-corrected chi connectivity index (χ0v) is 33.9. The Balaban J connectivity index is 1.34. The molecule has 3 aromatic carbocycles. The van der Waals surface area contributed by atoms with Crippen LogP contribution in [0.3, 0.4) is 0 Å². The molecule has 0 aliphatic heterocycles. The van der Waals surface area contributed by atoms with Crippen LogP contribution in [0, 0.1) is 0 Å². The highest BCUT2D eigenvalue weighted by molar-refractivity contribution is 5.89. The summed E-state index contributed by atoms with van der Waals surface area (Å²) in [5.41, 5.74) is 2.51. The normalized spacial score (nSPS) is 11.6. The Morgan fingerprint density at radius 2 is 0.741 bits per heavy atom. The fraction of sp³-hybridized carbons (Fsp3) is 0.583. The number of aromatic hydroxyl groups is 2. The van der Waals surface area contributed by atoms with Crippen LogP contribution in [0.1, 0.15) is 179 Å². The van der Waals surface area contributed by atoms with Gasteiger partial charge in [-0.1, -0.05) is 167 Å². The van der Waals surface area contributed by atoms with E-state index >= 15 is 0 Å². The van der Waals surface area contributed by atoms with E-state index in [-0.39, 0.29) is 11.5 Å². The second-order valence-corrected chi connectivity index (χ2v) is 14.9. The first-order chi connectivity index (χ1) is 26.6. The number of ether oxygens (including phenoxy) is 2. The third-order valence-corrected chi connectivity index (χ3v) is 10.1. The number of hydrogen-bond donors (Lipinski definition) is 2. The van der Waals surface area contributed by atoms with Gasteiger partial charge in [-0.3, -0.25) is 9.98 Å². The molecular weight excluding hydrogens is 669 g/mol. The molecule has 0 heterocycles. The van der Waals surface area contributed by atoms with Gasteiger partial charge in [0.05, 0.1) is 24.6 Å². The maximum Gasteiger partial charge on any atom is 0.128 e. The molecule has 0 spiro atoms. The molecule has 0 unspecified atom stereocenters. The van der Waals surface area contributed by atoms with Crippen LogP contribution in [0.15, 0.2) is 70.6 Å². The van der Waals surface area contributed by atoms with E-state index in [1.54, 1.807) is 24.6 Å². The SMILES string of the molecule is CCCCCCCCCCCCCCOc1ccc(C=Nc2ccccc2N=Cc2ccc(OCCCCCCCCCCCCCC)cc2O)c(O)c1. The molecule has 0 saturated heterocycles. The van der Waals surface area contributed by atoms with Gasteiger partial charge in [-0.15, -0.1) is 0 Å². The van der Waals surface area contributed by atoms with Crippen molar-refractivity contribution in [3.05, 3.63) is 71.8 Å². The number of phenolic OH excluding ortho intramolecular Hbond substituents is 2. The third kappa shape index (κ3) is 20.0. The van der Waals surface area contributed by atoms with Gasteiger partial charge in [-0.2, -0.15) is 0 Å². The zero-order valence-electron chi connectivity index (χ0n) is 33.9. The third-order valence-electron chi connectivity index (χ3n) is 10.1. The van der Waals surface area contributed by atoms with Crippen LogP contribution < -0.4 is 9.47 Å². The van der Waals surface area contributed by atoms with E-state index < -0.39 is 0 Å². The molecule has 298 valence electrons. The number of benzene rings is 3. The molecule has 0 atom stereocenters. The zero-order chi connectivity index (χ0) is 38.3. The van der Waals surface area contributed by atoms with E-state index in [2.05, 4.69) is 23.8 Å². The number of para-hydroxylation sites is 2. The summed E-state index contributed by atoms with van der Waals surface area (Å²) in [6.07, 6.45) is 34.8.